The Balaban J connectivity index is 1.49. The van der Waals surface area contributed by atoms with Crippen LogP contribution < -0.4 is 4.90 Å². The molecule has 1 atom stereocenters. The van der Waals surface area contributed by atoms with Gasteiger partial charge in [0.2, 0.25) is 0 Å². The third-order valence-corrected chi connectivity index (χ3v) is 6.26. The molecule has 2 amide bonds. The number of anilines is 2. The molecular formula is C17H22ClN5O2S. The van der Waals surface area contributed by atoms with Gasteiger partial charge >= 0.3 is 6.03 Å². The minimum absolute atomic E-state index is 0.0481. The molecule has 2 aliphatic heterocycles. The van der Waals surface area contributed by atoms with E-state index < -0.39 is 0 Å². The molecule has 26 heavy (non-hydrogen) atoms. The summed E-state index contributed by atoms with van der Waals surface area (Å²) in [5.74, 6) is 0.823. The van der Waals surface area contributed by atoms with Gasteiger partial charge in [-0.25, -0.2) is 4.79 Å². The van der Waals surface area contributed by atoms with Gasteiger partial charge in [0.1, 0.15) is 0 Å². The maximum Gasteiger partial charge on any atom is 0.320 e. The Kier molecular flexibility index (Phi) is 5.06. The van der Waals surface area contributed by atoms with Crippen LogP contribution in [-0.2, 0) is 4.74 Å². The molecule has 7 nitrogen and oxygen atoms in total. The van der Waals surface area contributed by atoms with E-state index in [9.17, 15) is 4.79 Å². The predicted octanol–water partition coefficient (Wildman–Crippen LogP) is 3.48. The van der Waals surface area contributed by atoms with Gasteiger partial charge in [0.05, 0.1) is 34.3 Å². The van der Waals surface area contributed by atoms with Crippen LogP contribution in [0.2, 0.25) is 4.34 Å². The van der Waals surface area contributed by atoms with Crippen LogP contribution >= 0.6 is 22.9 Å². The monoisotopic (exact) mass is 395 g/mol. The zero-order chi connectivity index (χ0) is 18.1. The Hall–Kier alpha value is -1.77. The minimum Gasteiger partial charge on any atom is -0.378 e. The Morgan fingerprint density at radius 2 is 2.19 bits per heavy atom. The first-order valence-electron chi connectivity index (χ1n) is 8.81. The normalized spacial score (nSPS) is 20.6. The number of hydrogen-bond donors (Lipinski definition) is 1. The van der Waals surface area contributed by atoms with Gasteiger partial charge in [-0.3, -0.25) is 5.10 Å². The molecule has 2 saturated heterocycles. The smallest absolute Gasteiger partial charge is 0.320 e. The highest BCUT2D eigenvalue weighted by atomic mass is 35.5. The highest BCUT2D eigenvalue weighted by Gasteiger charge is 2.34. The van der Waals surface area contributed by atoms with Crippen molar-refractivity contribution in [1.29, 1.82) is 0 Å². The van der Waals surface area contributed by atoms with E-state index in [-0.39, 0.29) is 12.1 Å². The number of H-pyrrole nitrogens is 1. The third-order valence-electron chi connectivity index (χ3n) is 4.96. The average Bonchev–Trinajstić information content (AvgIpc) is 3.41. The van der Waals surface area contributed by atoms with Crippen LogP contribution in [0, 0.1) is 0 Å². The third kappa shape index (κ3) is 3.41. The summed E-state index contributed by atoms with van der Waals surface area (Å²) in [4.78, 5) is 18.7. The van der Waals surface area contributed by atoms with Crippen molar-refractivity contribution in [2.75, 3.05) is 44.8 Å². The summed E-state index contributed by atoms with van der Waals surface area (Å²) in [6.07, 6.45) is 1.96. The number of aromatic nitrogens is 2. The Bertz CT molecular complexity index is 773. The lowest BCUT2D eigenvalue weighted by Gasteiger charge is -2.33. The zero-order valence-corrected chi connectivity index (χ0v) is 16.2. The second kappa shape index (κ2) is 7.46. The summed E-state index contributed by atoms with van der Waals surface area (Å²) in [7, 11) is 1.97. The van der Waals surface area contributed by atoms with Crippen molar-refractivity contribution in [3.63, 3.8) is 0 Å². The molecule has 0 aromatic carbocycles. The van der Waals surface area contributed by atoms with Gasteiger partial charge in [-0.2, -0.15) is 5.10 Å². The number of amides is 2. The zero-order valence-electron chi connectivity index (χ0n) is 14.7. The molecule has 0 radical (unpaired) electrons. The second-order valence-corrected chi connectivity index (χ2v) is 8.25. The van der Waals surface area contributed by atoms with Gasteiger partial charge < -0.3 is 19.4 Å². The molecule has 4 rings (SSSR count). The summed E-state index contributed by atoms with van der Waals surface area (Å²) in [5.41, 5.74) is 0.980. The Labute approximate surface area is 161 Å². The fraction of sp³-hybridized carbons (Fsp3) is 0.529. The van der Waals surface area contributed by atoms with Crippen molar-refractivity contribution < 1.29 is 9.53 Å². The molecule has 2 aliphatic rings. The molecule has 0 bridgehead atoms. The lowest BCUT2D eigenvalue weighted by atomic mass is 10.1. The first kappa shape index (κ1) is 17.6. The van der Waals surface area contributed by atoms with E-state index in [2.05, 4.69) is 10.2 Å². The lowest BCUT2D eigenvalue weighted by molar-refractivity contribution is 0.0420. The Morgan fingerprint density at radius 1 is 1.38 bits per heavy atom. The molecule has 0 spiro atoms. The highest BCUT2D eigenvalue weighted by Crippen LogP contribution is 2.36. The van der Waals surface area contributed by atoms with Crippen molar-refractivity contribution in [2.24, 2.45) is 0 Å². The van der Waals surface area contributed by atoms with Crippen LogP contribution in [0.3, 0.4) is 0 Å². The first-order chi connectivity index (χ1) is 12.6. The summed E-state index contributed by atoms with van der Waals surface area (Å²) in [6.45, 7) is 3.35. The van der Waals surface area contributed by atoms with Gasteiger partial charge in [0.25, 0.3) is 0 Å². The van der Waals surface area contributed by atoms with Crippen molar-refractivity contribution in [3.8, 4) is 0 Å². The van der Waals surface area contributed by atoms with E-state index in [1.807, 2.05) is 39.9 Å². The number of likely N-dealkylation sites (tertiary alicyclic amines) is 1. The number of aromatic amines is 1. The molecule has 2 aromatic heterocycles. The van der Waals surface area contributed by atoms with E-state index in [0.717, 1.165) is 40.2 Å². The molecule has 9 heteroatoms. The Morgan fingerprint density at radius 3 is 2.92 bits per heavy atom. The van der Waals surface area contributed by atoms with E-state index in [1.165, 1.54) is 11.3 Å². The molecule has 2 fully saturated rings. The van der Waals surface area contributed by atoms with Crippen LogP contribution in [0.5, 0.6) is 0 Å². The summed E-state index contributed by atoms with van der Waals surface area (Å²) < 4.78 is 6.11. The number of urea groups is 1. The van der Waals surface area contributed by atoms with Crippen LogP contribution in [0.4, 0.5) is 15.6 Å². The largest absolute Gasteiger partial charge is 0.378 e. The number of ether oxygens (including phenoxy) is 1. The summed E-state index contributed by atoms with van der Waals surface area (Å²) in [5, 5.41) is 8.61. The van der Waals surface area contributed by atoms with Gasteiger partial charge in [-0.1, -0.05) is 11.6 Å². The van der Waals surface area contributed by atoms with Gasteiger partial charge in [0.15, 0.2) is 5.82 Å². The maximum absolute atomic E-state index is 12.9. The number of thiophene rings is 1. The number of morpholine rings is 1. The topological polar surface area (TPSA) is 64.7 Å². The first-order valence-corrected chi connectivity index (χ1v) is 10.0. The fourth-order valence-corrected chi connectivity index (χ4v) is 4.52. The summed E-state index contributed by atoms with van der Waals surface area (Å²) >= 11 is 7.55. The number of carbonyl (C=O) groups is 1. The number of halogens is 1. The van der Waals surface area contributed by atoms with E-state index >= 15 is 0 Å². The lowest BCUT2D eigenvalue weighted by Crippen LogP contribution is -2.47. The molecular weight excluding hydrogens is 374 g/mol. The van der Waals surface area contributed by atoms with Crippen molar-refractivity contribution in [1.82, 2.24) is 20.0 Å². The molecule has 1 N–H and O–H groups in total. The second-order valence-electron chi connectivity index (χ2n) is 6.55. The molecule has 2 aromatic rings. The van der Waals surface area contributed by atoms with Crippen LogP contribution in [0.1, 0.15) is 24.6 Å². The number of hydrogen-bond acceptors (Lipinski definition) is 5. The fourth-order valence-electron chi connectivity index (χ4n) is 3.52. The molecule has 140 valence electrons. The number of rotatable bonds is 3. The molecule has 4 heterocycles. The molecule has 1 unspecified atom stereocenters. The van der Waals surface area contributed by atoms with E-state index in [0.29, 0.717) is 26.3 Å². The maximum atomic E-state index is 12.9. The van der Waals surface area contributed by atoms with Crippen LogP contribution in [0.15, 0.2) is 18.2 Å². The predicted molar refractivity (Wildman–Crippen MR) is 102 cm³/mol. The number of nitrogens with one attached hydrogen (secondary N) is 1. The molecule has 0 aliphatic carbocycles. The van der Waals surface area contributed by atoms with Gasteiger partial charge in [0, 0.05) is 32.7 Å². The highest BCUT2D eigenvalue weighted by molar-refractivity contribution is 7.20. The van der Waals surface area contributed by atoms with E-state index in [1.54, 1.807) is 0 Å². The van der Waals surface area contributed by atoms with Gasteiger partial charge in [-0.15, -0.1) is 11.3 Å². The van der Waals surface area contributed by atoms with Gasteiger partial charge in [-0.05, 0) is 25.0 Å². The van der Waals surface area contributed by atoms with Crippen molar-refractivity contribution >= 4 is 39.8 Å². The SMILES string of the molecule is CN(c1cc(C2CCCN2C(=O)N2CCOCC2)[nH]n1)c1ccc(Cl)s1. The minimum atomic E-state index is 0.0481. The van der Waals surface area contributed by atoms with Crippen molar-refractivity contribution in [2.45, 2.75) is 18.9 Å². The van der Waals surface area contributed by atoms with Crippen LogP contribution in [0.25, 0.3) is 0 Å². The van der Waals surface area contributed by atoms with Crippen LogP contribution in [-0.4, -0.2) is 65.9 Å². The number of nitrogens with zero attached hydrogens (tertiary/aromatic N) is 4. The van der Waals surface area contributed by atoms with Crippen molar-refractivity contribution in [3.05, 3.63) is 28.2 Å². The number of carbonyl (C=O) groups excluding carboxylic acids is 1. The standard InChI is InChI=1S/C17H22ClN5O2S/c1-21(16-5-4-14(18)26-16)15-11-12(19-20-15)13-3-2-6-23(13)17(24)22-7-9-25-10-8-22/h4-5,11,13H,2-3,6-10H2,1H3,(H,19,20). The molecule has 0 saturated carbocycles. The summed E-state index contributed by atoms with van der Waals surface area (Å²) in [6, 6.07) is 6.04. The average molecular weight is 396 g/mol. The van der Waals surface area contributed by atoms with E-state index in [4.69, 9.17) is 16.3 Å². The quantitative estimate of drug-likeness (QED) is 0.864.